The summed E-state index contributed by atoms with van der Waals surface area (Å²) in [4.78, 5) is 12.2. The van der Waals surface area contributed by atoms with Gasteiger partial charge in [0.25, 0.3) is 5.70 Å². The van der Waals surface area contributed by atoms with Gasteiger partial charge in [-0.3, -0.25) is 10.1 Å². The maximum Gasteiger partial charge on any atom is 0.268 e. The summed E-state index contributed by atoms with van der Waals surface area (Å²) in [5.41, 5.74) is 3.64. The molecule has 1 aromatic rings. The Hall–Kier alpha value is -2.10. The molecule has 0 saturated heterocycles. The van der Waals surface area contributed by atoms with Crippen LogP contribution in [0.25, 0.3) is 0 Å². The van der Waals surface area contributed by atoms with Crippen molar-refractivity contribution < 1.29 is 4.92 Å². The largest absolute Gasteiger partial charge is 0.343 e. The summed E-state index contributed by atoms with van der Waals surface area (Å²) in [5.74, 6) is 0. The first kappa shape index (κ1) is 11.4. The third-order valence-corrected chi connectivity index (χ3v) is 2.79. The van der Waals surface area contributed by atoms with E-state index in [2.05, 4.69) is 6.07 Å². The van der Waals surface area contributed by atoms with E-state index in [1.807, 2.05) is 30.9 Å². The second-order valence-electron chi connectivity index (χ2n) is 4.14. The highest BCUT2D eigenvalue weighted by molar-refractivity contribution is 5.58. The van der Waals surface area contributed by atoms with Crippen molar-refractivity contribution in [3.63, 3.8) is 0 Å². The molecule has 0 aliphatic carbocycles. The van der Waals surface area contributed by atoms with Crippen LogP contribution in [0.15, 0.2) is 42.2 Å². The Morgan fingerprint density at radius 2 is 2.12 bits per heavy atom. The van der Waals surface area contributed by atoms with Gasteiger partial charge in [-0.05, 0) is 25.5 Å². The van der Waals surface area contributed by atoms with Gasteiger partial charge < -0.3 is 4.90 Å². The molecule has 2 rings (SSSR count). The molecule has 88 valence electrons. The lowest BCUT2D eigenvalue weighted by Gasteiger charge is -2.22. The minimum absolute atomic E-state index is 0.158. The smallest absolute Gasteiger partial charge is 0.268 e. The molecule has 0 atom stereocenters. The molecule has 1 aromatic carbocycles. The second-order valence-corrected chi connectivity index (χ2v) is 4.14. The molecule has 0 fully saturated rings. The van der Waals surface area contributed by atoms with Crippen LogP contribution in [0.1, 0.15) is 11.1 Å². The number of allylic oxidation sites excluding steroid dienone is 1. The fourth-order valence-corrected chi connectivity index (χ4v) is 1.93. The van der Waals surface area contributed by atoms with Gasteiger partial charge in [0.05, 0.1) is 4.92 Å². The lowest BCUT2D eigenvalue weighted by atomic mass is 10.1. The van der Waals surface area contributed by atoms with Crippen LogP contribution in [0, 0.1) is 24.0 Å². The average Bonchev–Trinajstić information content (AvgIpc) is 2.29. The molecule has 0 aromatic heterocycles. The highest BCUT2D eigenvalue weighted by Gasteiger charge is 2.14. The van der Waals surface area contributed by atoms with Crippen molar-refractivity contribution in [3.05, 3.63) is 63.5 Å². The number of hydrogen-bond donors (Lipinski definition) is 0. The molecule has 0 saturated carbocycles. The van der Waals surface area contributed by atoms with Gasteiger partial charge in [-0.15, -0.1) is 0 Å². The molecule has 0 spiro atoms. The van der Waals surface area contributed by atoms with Gasteiger partial charge in [0, 0.05) is 30.6 Å². The Kier molecular flexibility index (Phi) is 2.95. The SMILES string of the molecule is Cc1ccc(N2C=CC([N+](=O)[O-])=CC2)c(C)c1. The molecular weight excluding hydrogens is 216 g/mol. The molecule has 4 heteroatoms. The topological polar surface area (TPSA) is 46.4 Å². The van der Waals surface area contributed by atoms with E-state index in [-0.39, 0.29) is 10.6 Å². The van der Waals surface area contributed by atoms with Crippen molar-refractivity contribution >= 4 is 5.69 Å². The molecule has 4 nitrogen and oxygen atoms in total. The number of nitrogens with zero attached hydrogens (tertiary/aromatic N) is 2. The van der Waals surface area contributed by atoms with Crippen LogP contribution in [0.5, 0.6) is 0 Å². The van der Waals surface area contributed by atoms with E-state index in [0.717, 1.165) is 5.69 Å². The van der Waals surface area contributed by atoms with Crippen molar-refractivity contribution in [2.45, 2.75) is 13.8 Å². The monoisotopic (exact) mass is 230 g/mol. The number of hydrogen-bond acceptors (Lipinski definition) is 3. The van der Waals surface area contributed by atoms with Crippen molar-refractivity contribution in [3.8, 4) is 0 Å². The lowest BCUT2D eigenvalue weighted by molar-refractivity contribution is -0.419. The van der Waals surface area contributed by atoms with E-state index in [1.54, 1.807) is 12.3 Å². The first-order chi connectivity index (χ1) is 8.08. The number of rotatable bonds is 2. The summed E-state index contributed by atoms with van der Waals surface area (Å²) in [6.07, 6.45) is 4.91. The molecule has 0 unspecified atom stereocenters. The van der Waals surface area contributed by atoms with Crippen LogP contribution in [0.4, 0.5) is 5.69 Å². The highest BCUT2D eigenvalue weighted by atomic mass is 16.6. The van der Waals surface area contributed by atoms with Gasteiger partial charge in [0.2, 0.25) is 0 Å². The van der Waals surface area contributed by atoms with Crippen LogP contribution in [-0.4, -0.2) is 11.5 Å². The van der Waals surface area contributed by atoms with Gasteiger partial charge in [-0.2, -0.15) is 0 Å². The normalized spacial score (nSPS) is 14.7. The van der Waals surface area contributed by atoms with Crippen LogP contribution >= 0.6 is 0 Å². The molecule has 0 N–H and O–H groups in total. The molecule has 0 amide bonds. The van der Waals surface area contributed by atoms with Crippen molar-refractivity contribution in [2.24, 2.45) is 0 Å². The Bertz CT molecular complexity index is 518. The number of benzene rings is 1. The lowest BCUT2D eigenvalue weighted by Crippen LogP contribution is -2.21. The standard InChI is InChI=1S/C13H14N2O2/c1-10-3-4-13(11(2)9-10)14-7-5-12(6-8-14)15(16)17/h3-7,9H,8H2,1-2H3. The van der Waals surface area contributed by atoms with Crippen molar-refractivity contribution in [2.75, 3.05) is 11.4 Å². The first-order valence-corrected chi connectivity index (χ1v) is 5.44. The zero-order valence-electron chi connectivity index (χ0n) is 9.88. The zero-order valence-corrected chi connectivity index (χ0v) is 9.88. The van der Waals surface area contributed by atoms with Crippen LogP contribution in [-0.2, 0) is 0 Å². The van der Waals surface area contributed by atoms with Gasteiger partial charge in [0.15, 0.2) is 0 Å². The molecular formula is C13H14N2O2. The Morgan fingerprint density at radius 1 is 1.35 bits per heavy atom. The van der Waals surface area contributed by atoms with E-state index in [4.69, 9.17) is 0 Å². The Morgan fingerprint density at radius 3 is 2.65 bits per heavy atom. The Balaban J connectivity index is 2.22. The molecule has 1 aliphatic rings. The van der Waals surface area contributed by atoms with Crippen molar-refractivity contribution in [1.82, 2.24) is 0 Å². The number of anilines is 1. The zero-order chi connectivity index (χ0) is 12.4. The van der Waals surface area contributed by atoms with Gasteiger partial charge >= 0.3 is 0 Å². The first-order valence-electron chi connectivity index (χ1n) is 5.44. The predicted molar refractivity (Wildman–Crippen MR) is 67.5 cm³/mol. The number of nitro groups is 1. The third-order valence-electron chi connectivity index (χ3n) is 2.79. The molecule has 1 aliphatic heterocycles. The molecule has 1 heterocycles. The summed E-state index contributed by atoms with van der Waals surface area (Å²) in [6, 6.07) is 6.19. The van der Waals surface area contributed by atoms with E-state index in [9.17, 15) is 10.1 Å². The minimum Gasteiger partial charge on any atom is -0.343 e. The summed E-state index contributed by atoms with van der Waals surface area (Å²) >= 11 is 0. The predicted octanol–water partition coefficient (Wildman–Crippen LogP) is 2.80. The highest BCUT2D eigenvalue weighted by Crippen LogP contribution is 2.23. The summed E-state index contributed by atoms with van der Waals surface area (Å²) in [5, 5.41) is 10.6. The maximum atomic E-state index is 10.6. The van der Waals surface area contributed by atoms with Gasteiger partial charge in [-0.25, -0.2) is 0 Å². The fourth-order valence-electron chi connectivity index (χ4n) is 1.93. The van der Waals surface area contributed by atoms with Gasteiger partial charge in [-0.1, -0.05) is 17.7 Å². The summed E-state index contributed by atoms with van der Waals surface area (Å²) < 4.78 is 0. The van der Waals surface area contributed by atoms with E-state index in [0.29, 0.717) is 6.54 Å². The number of aryl methyl sites for hydroxylation is 2. The van der Waals surface area contributed by atoms with Gasteiger partial charge in [0.1, 0.15) is 0 Å². The molecule has 0 radical (unpaired) electrons. The average molecular weight is 230 g/mol. The second kappa shape index (κ2) is 4.41. The van der Waals surface area contributed by atoms with Crippen LogP contribution < -0.4 is 4.90 Å². The van der Waals surface area contributed by atoms with Crippen molar-refractivity contribution in [1.29, 1.82) is 0 Å². The quantitative estimate of drug-likeness (QED) is 0.579. The minimum atomic E-state index is -0.365. The summed E-state index contributed by atoms with van der Waals surface area (Å²) in [6.45, 7) is 4.63. The fraction of sp³-hybridized carbons (Fsp3) is 0.231. The van der Waals surface area contributed by atoms with E-state index >= 15 is 0 Å². The van der Waals surface area contributed by atoms with E-state index < -0.39 is 0 Å². The molecule has 17 heavy (non-hydrogen) atoms. The van der Waals surface area contributed by atoms with Crippen LogP contribution in [0.3, 0.4) is 0 Å². The third kappa shape index (κ3) is 2.36. The maximum absolute atomic E-state index is 10.6. The molecule has 0 bridgehead atoms. The summed E-state index contributed by atoms with van der Waals surface area (Å²) in [7, 11) is 0. The van der Waals surface area contributed by atoms with Crippen LogP contribution in [0.2, 0.25) is 0 Å². The van der Waals surface area contributed by atoms with E-state index in [1.165, 1.54) is 17.2 Å². The Labute approximate surface area is 100 Å².